The van der Waals surface area contributed by atoms with E-state index < -0.39 is 0 Å². The molecule has 2 heterocycles. The molecule has 0 aliphatic carbocycles. The quantitative estimate of drug-likeness (QED) is 0.578. The van der Waals surface area contributed by atoms with E-state index in [9.17, 15) is 4.79 Å². The number of nitrogens with one attached hydrogen (secondary N) is 1. The van der Waals surface area contributed by atoms with E-state index >= 15 is 0 Å². The van der Waals surface area contributed by atoms with Crippen molar-refractivity contribution >= 4 is 39.6 Å². The van der Waals surface area contributed by atoms with Gasteiger partial charge in [-0.25, -0.2) is 0 Å². The highest BCUT2D eigenvalue weighted by molar-refractivity contribution is 7.00. The topological polar surface area (TPSA) is 63.1 Å². The van der Waals surface area contributed by atoms with Crippen LogP contribution in [0.4, 0.5) is 0 Å². The zero-order valence-corrected chi connectivity index (χ0v) is 16.3. The summed E-state index contributed by atoms with van der Waals surface area (Å²) in [5.74, 6) is -0.100. The van der Waals surface area contributed by atoms with Crippen LogP contribution in [0.3, 0.4) is 0 Å². The van der Waals surface area contributed by atoms with Crippen molar-refractivity contribution < 1.29 is 4.79 Å². The molecule has 0 aliphatic heterocycles. The molecule has 0 fully saturated rings. The summed E-state index contributed by atoms with van der Waals surface area (Å²) in [4.78, 5) is 14.8. The lowest BCUT2D eigenvalue weighted by Gasteiger charge is -2.24. The van der Waals surface area contributed by atoms with Crippen LogP contribution in [0.15, 0.2) is 48.7 Å². The van der Waals surface area contributed by atoms with E-state index in [0.717, 1.165) is 22.8 Å². The van der Waals surface area contributed by atoms with Gasteiger partial charge in [0, 0.05) is 36.3 Å². The number of hydrogen-bond acceptors (Lipinski definition) is 5. The lowest BCUT2D eigenvalue weighted by molar-refractivity contribution is 0.0942. The zero-order chi connectivity index (χ0) is 19.0. The van der Waals surface area contributed by atoms with Crippen LogP contribution >= 0.6 is 11.7 Å². The number of carbonyl (C=O) groups excluding carboxylic acids is 1. The van der Waals surface area contributed by atoms with Gasteiger partial charge in [0.2, 0.25) is 0 Å². The molecule has 0 saturated carbocycles. The van der Waals surface area contributed by atoms with E-state index in [2.05, 4.69) is 41.9 Å². The van der Waals surface area contributed by atoms with Crippen molar-refractivity contribution in [3.8, 4) is 0 Å². The number of benzene rings is 2. The Balaban J connectivity index is 1.57. The summed E-state index contributed by atoms with van der Waals surface area (Å²) in [5, 5.41) is 4.29. The van der Waals surface area contributed by atoms with E-state index in [1.165, 1.54) is 16.5 Å². The van der Waals surface area contributed by atoms with E-state index in [1.54, 1.807) is 12.1 Å². The fourth-order valence-corrected chi connectivity index (χ4v) is 3.94. The lowest BCUT2D eigenvalue weighted by atomic mass is 10.0. The van der Waals surface area contributed by atoms with Crippen molar-refractivity contribution in [2.45, 2.75) is 6.04 Å². The predicted molar refractivity (Wildman–Crippen MR) is 109 cm³/mol. The maximum Gasteiger partial charge on any atom is 0.251 e. The summed E-state index contributed by atoms with van der Waals surface area (Å²) in [6.07, 6.45) is 2.15. The van der Waals surface area contributed by atoms with Gasteiger partial charge in [-0.05, 0) is 43.9 Å². The molecule has 2 aromatic carbocycles. The molecule has 0 spiro atoms. The Morgan fingerprint density at radius 3 is 2.78 bits per heavy atom. The molecule has 6 nitrogen and oxygen atoms in total. The molecule has 4 aromatic rings. The largest absolute Gasteiger partial charge is 0.350 e. The van der Waals surface area contributed by atoms with Gasteiger partial charge >= 0.3 is 0 Å². The molecule has 1 atom stereocenters. The number of amides is 1. The second-order valence-electron chi connectivity index (χ2n) is 6.87. The number of fused-ring (bicyclic) bond motifs is 2. The Bertz CT molecular complexity index is 1110. The summed E-state index contributed by atoms with van der Waals surface area (Å²) >= 11 is 1.16. The van der Waals surface area contributed by atoms with E-state index in [-0.39, 0.29) is 11.9 Å². The fourth-order valence-electron chi connectivity index (χ4n) is 3.42. The average molecular weight is 379 g/mol. The van der Waals surface area contributed by atoms with Gasteiger partial charge in [-0.3, -0.25) is 4.79 Å². The SMILES string of the molecule is CN(C)[C@@H](CNC(=O)c1ccc2nsnc2c1)c1cn(C)c2ccccc12. The molecule has 138 valence electrons. The van der Waals surface area contributed by atoms with Crippen LogP contribution in [0.5, 0.6) is 0 Å². The monoisotopic (exact) mass is 379 g/mol. The van der Waals surface area contributed by atoms with Gasteiger partial charge in [0.15, 0.2) is 0 Å². The molecule has 0 saturated heterocycles. The highest BCUT2D eigenvalue weighted by Gasteiger charge is 2.20. The number of carbonyl (C=O) groups is 1. The van der Waals surface area contributed by atoms with Crippen molar-refractivity contribution in [2.24, 2.45) is 7.05 Å². The third kappa shape index (κ3) is 3.31. The Kier molecular flexibility index (Phi) is 4.63. The first-order valence-electron chi connectivity index (χ1n) is 8.75. The molecule has 0 aliphatic rings. The summed E-state index contributed by atoms with van der Waals surface area (Å²) < 4.78 is 10.5. The van der Waals surface area contributed by atoms with Gasteiger partial charge in [-0.15, -0.1) is 0 Å². The van der Waals surface area contributed by atoms with Gasteiger partial charge in [-0.2, -0.15) is 8.75 Å². The maximum atomic E-state index is 12.7. The van der Waals surface area contributed by atoms with Crippen molar-refractivity contribution in [1.29, 1.82) is 0 Å². The average Bonchev–Trinajstić information content (AvgIpc) is 3.26. The van der Waals surface area contributed by atoms with Crippen LogP contribution in [-0.2, 0) is 7.05 Å². The van der Waals surface area contributed by atoms with Crippen molar-refractivity contribution in [3.63, 3.8) is 0 Å². The molecule has 27 heavy (non-hydrogen) atoms. The third-order valence-electron chi connectivity index (χ3n) is 4.88. The van der Waals surface area contributed by atoms with Crippen LogP contribution in [0.1, 0.15) is 22.0 Å². The van der Waals surface area contributed by atoms with Crippen molar-refractivity contribution in [3.05, 3.63) is 59.8 Å². The van der Waals surface area contributed by atoms with Gasteiger partial charge in [0.05, 0.1) is 17.8 Å². The van der Waals surface area contributed by atoms with Crippen molar-refractivity contribution in [2.75, 3.05) is 20.6 Å². The normalized spacial score (nSPS) is 12.7. The summed E-state index contributed by atoms with van der Waals surface area (Å²) in [5.41, 5.74) is 4.57. The van der Waals surface area contributed by atoms with Gasteiger partial charge in [-0.1, -0.05) is 18.2 Å². The first-order valence-corrected chi connectivity index (χ1v) is 9.48. The highest BCUT2D eigenvalue weighted by Crippen LogP contribution is 2.28. The predicted octanol–water partition coefficient (Wildman–Crippen LogP) is 3.22. The first-order chi connectivity index (χ1) is 13.0. The van der Waals surface area contributed by atoms with E-state index in [1.807, 2.05) is 39.3 Å². The van der Waals surface area contributed by atoms with Gasteiger partial charge < -0.3 is 14.8 Å². The molecule has 1 N–H and O–H groups in total. The van der Waals surface area contributed by atoms with Crippen LogP contribution < -0.4 is 5.32 Å². The third-order valence-corrected chi connectivity index (χ3v) is 5.44. The number of rotatable bonds is 5. The first kappa shape index (κ1) is 17.6. The molecule has 2 aromatic heterocycles. The number of aryl methyl sites for hydroxylation is 1. The molecular weight excluding hydrogens is 358 g/mol. The number of likely N-dealkylation sites (N-methyl/N-ethyl adjacent to an activating group) is 1. The Hall–Kier alpha value is -2.77. The highest BCUT2D eigenvalue weighted by atomic mass is 32.1. The number of hydrogen-bond donors (Lipinski definition) is 1. The second-order valence-corrected chi connectivity index (χ2v) is 7.40. The molecule has 0 radical (unpaired) electrons. The van der Waals surface area contributed by atoms with Gasteiger partial charge in [0.25, 0.3) is 5.91 Å². The van der Waals surface area contributed by atoms with Crippen molar-refractivity contribution in [1.82, 2.24) is 23.5 Å². The van der Waals surface area contributed by atoms with Crippen LogP contribution in [0.2, 0.25) is 0 Å². The molecular formula is C20H21N5OS. The minimum atomic E-state index is -0.100. The molecule has 4 rings (SSSR count). The summed E-state index contributed by atoms with van der Waals surface area (Å²) in [6.45, 7) is 0.521. The molecule has 7 heteroatoms. The van der Waals surface area contributed by atoms with E-state index in [0.29, 0.717) is 12.1 Å². The Labute approximate surface area is 161 Å². The summed E-state index contributed by atoms with van der Waals surface area (Å²) in [6, 6.07) is 13.8. The minimum Gasteiger partial charge on any atom is -0.350 e. The molecule has 1 amide bonds. The van der Waals surface area contributed by atoms with E-state index in [4.69, 9.17) is 0 Å². The standard InChI is InChI=1S/C20H21N5OS/c1-24(2)19(15-12-25(3)18-7-5-4-6-14(15)18)11-21-20(26)13-8-9-16-17(10-13)23-27-22-16/h4-10,12,19H,11H2,1-3H3,(H,21,26)/t19-/m0/s1. The van der Waals surface area contributed by atoms with Crippen LogP contribution in [0, 0.1) is 0 Å². The zero-order valence-electron chi connectivity index (χ0n) is 15.5. The number of aromatic nitrogens is 3. The van der Waals surface area contributed by atoms with Gasteiger partial charge in [0.1, 0.15) is 11.0 Å². The van der Waals surface area contributed by atoms with Crippen LogP contribution in [-0.4, -0.2) is 44.8 Å². The number of nitrogens with zero attached hydrogens (tertiary/aromatic N) is 4. The molecule has 0 bridgehead atoms. The maximum absolute atomic E-state index is 12.7. The lowest BCUT2D eigenvalue weighted by Crippen LogP contribution is -2.34. The Morgan fingerprint density at radius 1 is 1.19 bits per heavy atom. The Morgan fingerprint density at radius 2 is 1.96 bits per heavy atom. The fraction of sp³-hybridized carbons (Fsp3) is 0.250. The smallest absolute Gasteiger partial charge is 0.251 e. The second kappa shape index (κ2) is 7.09. The molecule has 0 unspecified atom stereocenters. The van der Waals surface area contributed by atoms with Crippen LogP contribution in [0.25, 0.3) is 21.9 Å². The minimum absolute atomic E-state index is 0.0738. The summed E-state index contributed by atoms with van der Waals surface area (Å²) in [7, 11) is 6.12. The number of para-hydroxylation sites is 1.